The van der Waals surface area contributed by atoms with Gasteiger partial charge in [-0.05, 0) is 24.3 Å². The second-order valence-electron chi connectivity index (χ2n) is 4.66. The number of nitrogens with one attached hydrogen (secondary N) is 1. The Morgan fingerprint density at radius 2 is 2.04 bits per heavy atom. The minimum absolute atomic E-state index is 0.135. The number of fused-ring (bicyclic) bond motifs is 1. The van der Waals surface area contributed by atoms with Crippen molar-refractivity contribution >= 4 is 50.2 Å². The summed E-state index contributed by atoms with van der Waals surface area (Å²) in [6.07, 6.45) is 1.47. The van der Waals surface area contributed by atoms with E-state index in [1.165, 1.54) is 30.2 Å². The van der Waals surface area contributed by atoms with E-state index in [2.05, 4.69) is 31.2 Å². The molecule has 0 atom stereocenters. The Kier molecular flexibility index (Phi) is 4.88. The van der Waals surface area contributed by atoms with Gasteiger partial charge in [-0.15, -0.1) is 0 Å². The maximum Gasteiger partial charge on any atom is 0.234 e. The smallest absolute Gasteiger partial charge is 0.234 e. The maximum atomic E-state index is 13.7. The highest BCUT2D eigenvalue weighted by molar-refractivity contribution is 9.10. The molecular formula is C16H11BrFN3OS. The molecule has 0 aliphatic rings. The third-order valence-corrected chi connectivity index (χ3v) is 4.55. The molecule has 1 heterocycles. The first-order valence-corrected chi connectivity index (χ1v) is 8.49. The number of carbonyl (C=O) groups excluding carboxylic acids is 1. The van der Waals surface area contributed by atoms with Crippen LogP contribution in [0.4, 0.5) is 10.1 Å². The molecular weight excluding hydrogens is 381 g/mol. The van der Waals surface area contributed by atoms with Crippen LogP contribution in [0.2, 0.25) is 0 Å². The highest BCUT2D eigenvalue weighted by Gasteiger charge is 2.10. The van der Waals surface area contributed by atoms with Gasteiger partial charge in [-0.2, -0.15) is 0 Å². The molecule has 0 unspecified atom stereocenters. The van der Waals surface area contributed by atoms with Gasteiger partial charge in [0.05, 0.1) is 17.0 Å². The van der Waals surface area contributed by atoms with Crippen LogP contribution >= 0.6 is 27.7 Å². The van der Waals surface area contributed by atoms with E-state index in [1.54, 1.807) is 6.07 Å². The van der Waals surface area contributed by atoms with Gasteiger partial charge in [0.2, 0.25) is 5.91 Å². The van der Waals surface area contributed by atoms with Gasteiger partial charge in [0, 0.05) is 9.86 Å². The number of halogens is 2. The standard InChI is InChI=1S/C16H11BrFN3OS/c17-10-5-6-14(12(18)7-10)21-15(22)8-23-16-11-3-1-2-4-13(11)19-9-20-16/h1-7,9H,8H2,(H,21,22). The fraction of sp³-hybridized carbons (Fsp3) is 0.0625. The zero-order chi connectivity index (χ0) is 16.2. The van der Waals surface area contributed by atoms with Crippen LogP contribution in [0.3, 0.4) is 0 Å². The fourth-order valence-corrected chi connectivity index (χ4v) is 3.13. The molecule has 3 aromatic rings. The predicted octanol–water partition coefficient (Wildman–Crippen LogP) is 4.26. The normalized spacial score (nSPS) is 10.7. The van der Waals surface area contributed by atoms with Crippen LogP contribution in [0.5, 0.6) is 0 Å². The molecule has 23 heavy (non-hydrogen) atoms. The van der Waals surface area contributed by atoms with Gasteiger partial charge >= 0.3 is 0 Å². The van der Waals surface area contributed by atoms with Gasteiger partial charge in [-0.3, -0.25) is 4.79 Å². The Bertz CT molecular complexity index is 870. The highest BCUT2D eigenvalue weighted by Crippen LogP contribution is 2.25. The maximum absolute atomic E-state index is 13.7. The molecule has 0 spiro atoms. The van der Waals surface area contributed by atoms with Gasteiger partial charge in [-0.1, -0.05) is 45.9 Å². The van der Waals surface area contributed by atoms with Crippen molar-refractivity contribution in [1.82, 2.24) is 9.97 Å². The number of carbonyl (C=O) groups is 1. The summed E-state index contributed by atoms with van der Waals surface area (Å²) in [4.78, 5) is 20.4. The summed E-state index contributed by atoms with van der Waals surface area (Å²) in [5, 5.41) is 4.17. The molecule has 4 nitrogen and oxygen atoms in total. The molecule has 0 saturated heterocycles. The van der Waals surface area contributed by atoms with Gasteiger partial charge in [-0.25, -0.2) is 14.4 Å². The number of thioether (sulfide) groups is 1. The van der Waals surface area contributed by atoms with Crippen LogP contribution in [0.1, 0.15) is 0 Å². The molecule has 1 N–H and O–H groups in total. The van der Waals surface area contributed by atoms with E-state index in [0.29, 0.717) is 4.47 Å². The zero-order valence-corrected chi connectivity index (χ0v) is 14.2. The van der Waals surface area contributed by atoms with Crippen LogP contribution in [-0.4, -0.2) is 21.6 Å². The average molecular weight is 392 g/mol. The molecule has 0 saturated carbocycles. The van der Waals surface area contributed by atoms with E-state index in [9.17, 15) is 9.18 Å². The lowest BCUT2D eigenvalue weighted by atomic mass is 10.2. The topological polar surface area (TPSA) is 54.9 Å². The van der Waals surface area contributed by atoms with Gasteiger partial charge in [0.1, 0.15) is 17.2 Å². The van der Waals surface area contributed by atoms with Gasteiger partial charge < -0.3 is 5.32 Å². The Balaban J connectivity index is 1.69. The van der Waals surface area contributed by atoms with Crippen molar-refractivity contribution in [3.05, 3.63) is 59.1 Å². The summed E-state index contributed by atoms with van der Waals surface area (Å²) in [7, 11) is 0. The first kappa shape index (κ1) is 15.9. The van der Waals surface area contributed by atoms with Crippen molar-refractivity contribution in [2.75, 3.05) is 11.1 Å². The molecule has 7 heteroatoms. The number of amides is 1. The zero-order valence-electron chi connectivity index (χ0n) is 11.8. The van der Waals surface area contributed by atoms with Crippen LogP contribution < -0.4 is 5.32 Å². The molecule has 0 fully saturated rings. The Morgan fingerprint density at radius 1 is 1.22 bits per heavy atom. The first-order chi connectivity index (χ1) is 11.1. The number of benzene rings is 2. The lowest BCUT2D eigenvalue weighted by Gasteiger charge is -2.07. The average Bonchev–Trinajstić information content (AvgIpc) is 2.55. The van der Waals surface area contributed by atoms with Crippen molar-refractivity contribution in [2.24, 2.45) is 0 Å². The molecule has 1 aromatic heterocycles. The third kappa shape index (κ3) is 3.86. The Hall–Kier alpha value is -1.99. The van der Waals surface area contributed by atoms with E-state index >= 15 is 0 Å². The summed E-state index contributed by atoms with van der Waals surface area (Å²) >= 11 is 4.47. The monoisotopic (exact) mass is 391 g/mol. The SMILES string of the molecule is O=C(CSc1ncnc2ccccc12)Nc1ccc(Br)cc1F. The minimum Gasteiger partial charge on any atom is -0.323 e. The number of nitrogens with zero attached hydrogens (tertiary/aromatic N) is 2. The van der Waals surface area contributed by atoms with Crippen molar-refractivity contribution < 1.29 is 9.18 Å². The van der Waals surface area contributed by atoms with Gasteiger partial charge in [0.15, 0.2) is 0 Å². The molecule has 0 bridgehead atoms. The third-order valence-electron chi connectivity index (χ3n) is 3.05. The summed E-state index contributed by atoms with van der Waals surface area (Å²) in [5.41, 5.74) is 0.982. The fourth-order valence-electron chi connectivity index (χ4n) is 2.01. The van der Waals surface area contributed by atoms with Crippen molar-refractivity contribution in [2.45, 2.75) is 5.03 Å². The van der Waals surface area contributed by atoms with Crippen molar-refractivity contribution in [3.63, 3.8) is 0 Å². The molecule has 0 aliphatic carbocycles. The van der Waals surface area contributed by atoms with Crippen LogP contribution in [0.15, 0.2) is 58.3 Å². The number of rotatable bonds is 4. The summed E-state index contributed by atoms with van der Waals surface area (Å²) < 4.78 is 14.3. The molecule has 1 amide bonds. The molecule has 2 aromatic carbocycles. The van der Waals surface area contributed by atoms with Crippen LogP contribution in [0, 0.1) is 5.82 Å². The summed E-state index contributed by atoms with van der Waals surface area (Å²) in [6, 6.07) is 12.1. The Morgan fingerprint density at radius 3 is 2.87 bits per heavy atom. The molecule has 0 radical (unpaired) electrons. The highest BCUT2D eigenvalue weighted by atomic mass is 79.9. The second-order valence-corrected chi connectivity index (χ2v) is 6.54. The number of anilines is 1. The van der Waals surface area contributed by atoms with Gasteiger partial charge in [0.25, 0.3) is 0 Å². The minimum atomic E-state index is -0.481. The van der Waals surface area contributed by atoms with Crippen molar-refractivity contribution in [1.29, 1.82) is 0 Å². The summed E-state index contributed by atoms with van der Waals surface area (Å²) in [6.45, 7) is 0. The summed E-state index contributed by atoms with van der Waals surface area (Å²) in [5.74, 6) is -0.639. The predicted molar refractivity (Wildman–Crippen MR) is 93.0 cm³/mol. The van der Waals surface area contributed by atoms with E-state index < -0.39 is 5.82 Å². The molecule has 116 valence electrons. The van der Waals surface area contributed by atoms with E-state index in [1.807, 2.05) is 24.3 Å². The van der Waals surface area contributed by atoms with E-state index in [0.717, 1.165) is 15.9 Å². The quantitative estimate of drug-likeness (QED) is 0.533. The van der Waals surface area contributed by atoms with E-state index in [-0.39, 0.29) is 17.3 Å². The van der Waals surface area contributed by atoms with Crippen LogP contribution in [0.25, 0.3) is 10.9 Å². The number of hydrogen-bond donors (Lipinski definition) is 1. The lowest BCUT2D eigenvalue weighted by molar-refractivity contribution is -0.113. The first-order valence-electron chi connectivity index (χ1n) is 6.71. The molecule has 3 rings (SSSR count). The lowest BCUT2D eigenvalue weighted by Crippen LogP contribution is -2.15. The van der Waals surface area contributed by atoms with E-state index in [4.69, 9.17) is 0 Å². The number of aromatic nitrogens is 2. The second kappa shape index (κ2) is 7.06. The van der Waals surface area contributed by atoms with Crippen LogP contribution in [-0.2, 0) is 4.79 Å². The molecule has 0 aliphatic heterocycles. The largest absolute Gasteiger partial charge is 0.323 e. The van der Waals surface area contributed by atoms with Crippen molar-refractivity contribution in [3.8, 4) is 0 Å². The number of para-hydroxylation sites is 1. The number of hydrogen-bond acceptors (Lipinski definition) is 4. The Labute approximate surface area is 144 Å².